The van der Waals surface area contributed by atoms with Gasteiger partial charge in [0.1, 0.15) is 57.5 Å². The predicted molar refractivity (Wildman–Crippen MR) is 477 cm³/mol. The highest BCUT2D eigenvalue weighted by Gasteiger charge is 2.50. The summed E-state index contributed by atoms with van der Waals surface area (Å²) in [5.41, 5.74) is 16.4. The van der Waals surface area contributed by atoms with Crippen molar-refractivity contribution < 1.29 is 82.6 Å². The molecule has 4 bridgehead atoms. The van der Waals surface area contributed by atoms with Gasteiger partial charge in [-0.05, 0) is 374 Å². The molecule has 0 aliphatic heterocycles. The Hall–Kier alpha value is -10.6. The van der Waals surface area contributed by atoms with Gasteiger partial charge in [0.2, 0.25) is 69.5 Å². The van der Waals surface area contributed by atoms with Gasteiger partial charge in [-0.25, -0.2) is 0 Å². The van der Waals surface area contributed by atoms with E-state index in [9.17, 15) is 9.59 Å². The van der Waals surface area contributed by atoms with Gasteiger partial charge in [0, 0.05) is 19.3 Å². The fourth-order valence-electron chi connectivity index (χ4n) is 21.2. The first-order chi connectivity index (χ1) is 58.9. The molecule has 8 atom stereocenters. The zero-order chi connectivity index (χ0) is 91.1. The van der Waals surface area contributed by atoms with Gasteiger partial charge >= 0.3 is 11.9 Å². The van der Waals surface area contributed by atoms with Crippen molar-refractivity contribution in [3.63, 3.8) is 0 Å². The van der Waals surface area contributed by atoms with E-state index in [1.165, 1.54) is 72.3 Å². The largest absolute Gasteiger partial charge is 0.457 e. The molecule has 0 radical (unpaired) electrons. The summed E-state index contributed by atoms with van der Waals surface area (Å²) in [6, 6.07) is 29.4. The highest BCUT2D eigenvalue weighted by atomic mass is 19.2. The van der Waals surface area contributed by atoms with E-state index in [1.807, 2.05) is 132 Å². The Kier molecular flexibility index (Phi) is 28.7. The van der Waals surface area contributed by atoms with Crippen LogP contribution in [0.3, 0.4) is 0 Å². The van der Waals surface area contributed by atoms with Gasteiger partial charge in [-0.1, -0.05) is 122 Å². The maximum absolute atomic E-state index is 15.6. The van der Waals surface area contributed by atoms with Crippen LogP contribution in [0.2, 0.25) is 0 Å². The van der Waals surface area contributed by atoms with Crippen molar-refractivity contribution >= 4 is 11.9 Å². The molecule has 0 saturated heterocycles. The molecule has 6 aliphatic rings. The molecule has 0 aromatic heterocycles. The highest BCUT2D eigenvalue weighted by Crippen LogP contribution is 2.60. The first-order valence-corrected chi connectivity index (χ1v) is 43.8. The van der Waals surface area contributed by atoms with Crippen LogP contribution in [0.5, 0.6) is 80.5 Å². The van der Waals surface area contributed by atoms with Gasteiger partial charge in [-0.15, -0.1) is 0 Å². The second kappa shape index (κ2) is 38.3. The van der Waals surface area contributed by atoms with Gasteiger partial charge < -0.3 is 37.9 Å². The van der Waals surface area contributed by atoms with Gasteiger partial charge in [0.15, 0.2) is 0 Å². The molecule has 6 fully saturated rings. The van der Waals surface area contributed by atoms with Crippen molar-refractivity contribution in [2.24, 2.45) is 47.3 Å². The fourth-order valence-corrected chi connectivity index (χ4v) is 21.2. The summed E-state index contributed by atoms with van der Waals surface area (Å²) in [6.07, 6.45) is 19.1. The zero-order valence-electron chi connectivity index (χ0n) is 76.9. The molecule has 8 unspecified atom stereocenters. The SMILES string of the molecule is C1CC2C3CCC(C3)C2C1.C1CC2C3CCC(C3)C2C1.CC(=O)Oc1c(C)cc(C)cc1C.CC(=O)Oc1c(C)cc(C)cc1C.Cc1cc(C)c(Oc2c(F)c(F)c(Oc3c(C)cc(Oc4c(C)cc(C(C)(C)c5cc(C)c(Oc6cc(C)c(Oc7c(F)c(F)c(Oc8c(C)cc(C)cc8C)c(F)c7F)c(C)c6)c(C)c5)cc4C)cc3C)c(F)c2F)c(C)c1. The minimum absolute atomic E-state index is 0.0228. The number of aryl methyl sites for hydroxylation is 20. The van der Waals surface area contributed by atoms with E-state index in [0.717, 1.165) is 66.8 Å². The van der Waals surface area contributed by atoms with Crippen molar-refractivity contribution in [1.29, 1.82) is 0 Å². The van der Waals surface area contributed by atoms with E-state index in [2.05, 4.69) is 13.8 Å². The number of ether oxygens (including phenoxy) is 8. The van der Waals surface area contributed by atoms with Crippen molar-refractivity contribution in [2.75, 3.05) is 0 Å². The average molecular weight is 1720 g/mol. The maximum Gasteiger partial charge on any atom is 0.308 e. The van der Waals surface area contributed by atoms with E-state index in [0.29, 0.717) is 79.0 Å². The number of esters is 2. The lowest BCUT2D eigenvalue weighted by atomic mass is 9.76. The molecule has 0 N–H and O–H groups in total. The lowest BCUT2D eigenvalue weighted by molar-refractivity contribution is -0.132. The van der Waals surface area contributed by atoms with E-state index in [-0.39, 0.29) is 34.9 Å². The Bertz CT molecular complexity index is 5200. The maximum atomic E-state index is 15.6. The van der Waals surface area contributed by atoms with Crippen LogP contribution in [0.4, 0.5) is 35.1 Å². The molecule has 6 saturated carbocycles. The summed E-state index contributed by atoms with van der Waals surface area (Å²) in [5, 5.41) is 0. The molecule has 16 rings (SSSR count). The molecule has 18 heteroatoms. The minimum atomic E-state index is -1.75. The number of hydrogen-bond donors (Lipinski definition) is 0. The summed E-state index contributed by atoms with van der Waals surface area (Å²) in [5.74, 6) is -6.48. The van der Waals surface area contributed by atoms with Crippen molar-refractivity contribution in [1.82, 2.24) is 0 Å². The van der Waals surface area contributed by atoms with Crippen molar-refractivity contribution in [2.45, 2.75) is 249 Å². The Labute approximate surface area is 733 Å². The number of halogens is 8. The third-order valence-corrected chi connectivity index (χ3v) is 26.5. The normalized spacial score (nSPS) is 18.6. The first-order valence-electron chi connectivity index (χ1n) is 43.8. The number of carbonyl (C=O) groups excluding carboxylic acids is 2. The number of fused-ring (bicyclic) bond motifs is 10. The van der Waals surface area contributed by atoms with Crippen LogP contribution in [-0.4, -0.2) is 11.9 Å². The van der Waals surface area contributed by atoms with E-state index < -0.39 is 75.0 Å². The molecule has 10 aromatic rings. The van der Waals surface area contributed by atoms with Crippen LogP contribution in [0.25, 0.3) is 0 Å². The molecular formula is C107H120F8O10. The van der Waals surface area contributed by atoms with Gasteiger partial charge in [-0.3, -0.25) is 9.59 Å². The molecule has 10 nitrogen and oxygen atoms in total. The quantitative estimate of drug-likeness (QED) is 0.0402. The first kappa shape index (κ1) is 93.5. The van der Waals surface area contributed by atoms with Crippen LogP contribution in [-0.2, 0) is 15.0 Å². The molecule has 664 valence electrons. The standard InChI is InChI=1S/C65H60F8O6.2C11H14O2.2C10H16/c1-29-17-31(3)57(32(4)18-29)76-61-47(66)51(70)63(52(71)48(61)67)78-59-39(11)25-45(26-40(59)12)74-55-35(7)21-43(22-36(55)8)65(15,16)44-23-37(9)56(38(10)24-44)75-46-27-41(13)60(42(14)28-46)79-64-53(72)49(68)62(50(69)54(64)73)77-58-33(5)19-30(2)20-34(58)6;2*1-7-5-8(2)11(9(3)6-7)13-10(4)12;2*1-2-9-7-4-5-8(6-7)10(9)3-1/h17-28H,1-16H3;2*5-6H,1-4H3;2*7-10H,1-6H2. The molecule has 0 amide bonds. The summed E-state index contributed by atoms with van der Waals surface area (Å²) < 4.78 is 169. The smallest absolute Gasteiger partial charge is 0.308 e. The number of benzene rings is 10. The van der Waals surface area contributed by atoms with Crippen LogP contribution in [0, 0.1) is 232 Å². The lowest BCUT2D eigenvalue weighted by Crippen LogP contribution is -2.20. The lowest BCUT2D eigenvalue weighted by Gasteiger charge is -2.29. The third kappa shape index (κ3) is 20.3. The van der Waals surface area contributed by atoms with Crippen LogP contribution in [0.15, 0.2) is 97.1 Å². The van der Waals surface area contributed by atoms with Gasteiger partial charge in [0.25, 0.3) is 0 Å². The predicted octanol–water partition coefficient (Wildman–Crippen LogP) is 30.9. The summed E-state index contributed by atoms with van der Waals surface area (Å²) in [4.78, 5) is 21.6. The van der Waals surface area contributed by atoms with E-state index >= 15 is 35.1 Å². The number of carbonyl (C=O) groups is 2. The molecule has 6 aliphatic carbocycles. The Morgan fingerprint density at radius 1 is 0.248 bits per heavy atom. The summed E-state index contributed by atoms with van der Waals surface area (Å²) in [7, 11) is 0. The molecule has 0 heterocycles. The zero-order valence-corrected chi connectivity index (χ0v) is 76.9. The topological polar surface area (TPSA) is 108 Å². The van der Waals surface area contributed by atoms with E-state index in [4.69, 9.17) is 37.9 Å². The number of rotatable bonds is 16. The summed E-state index contributed by atoms with van der Waals surface area (Å²) in [6.45, 7) is 43.3. The van der Waals surface area contributed by atoms with Crippen molar-refractivity contribution in [3.05, 3.63) is 266 Å². The second-order valence-electron chi connectivity index (χ2n) is 37.0. The fraction of sp³-hybridized carbons (Fsp3) is 0.421. The molecular weight excluding hydrogens is 1600 g/mol. The monoisotopic (exact) mass is 1720 g/mol. The highest BCUT2D eigenvalue weighted by molar-refractivity contribution is 5.71. The molecule has 10 aromatic carbocycles. The second-order valence-corrected chi connectivity index (χ2v) is 37.0. The van der Waals surface area contributed by atoms with Crippen LogP contribution in [0.1, 0.15) is 227 Å². The number of hydrogen-bond acceptors (Lipinski definition) is 10. The van der Waals surface area contributed by atoms with E-state index in [1.54, 1.807) is 181 Å². The third-order valence-electron chi connectivity index (χ3n) is 26.5. The molecule has 0 spiro atoms. The Morgan fingerprint density at radius 2 is 0.424 bits per heavy atom. The van der Waals surface area contributed by atoms with Crippen LogP contribution < -0.4 is 37.9 Å². The minimum Gasteiger partial charge on any atom is -0.457 e. The average Bonchev–Trinajstić information content (AvgIpc) is 1.28. The summed E-state index contributed by atoms with van der Waals surface area (Å²) >= 11 is 0. The molecule has 125 heavy (non-hydrogen) atoms. The van der Waals surface area contributed by atoms with Gasteiger partial charge in [-0.2, -0.15) is 35.1 Å². The van der Waals surface area contributed by atoms with Crippen molar-refractivity contribution in [3.8, 4) is 80.5 Å². The Morgan fingerprint density at radius 3 is 0.624 bits per heavy atom. The van der Waals surface area contributed by atoms with Gasteiger partial charge in [0.05, 0.1) is 0 Å². The van der Waals surface area contributed by atoms with Crippen LogP contribution >= 0.6 is 0 Å². The Balaban J connectivity index is 0.000000242.